The van der Waals surface area contributed by atoms with E-state index in [0.29, 0.717) is 0 Å². The van der Waals surface area contributed by atoms with E-state index < -0.39 is 72.9 Å². The first kappa shape index (κ1) is 27.2. The second-order valence-electron chi connectivity index (χ2n) is 7.27. The number of carbonyl (C=O) groups is 5. The van der Waals surface area contributed by atoms with Crippen LogP contribution in [-0.2, 0) is 24.0 Å². The van der Waals surface area contributed by atoms with E-state index >= 15 is 0 Å². The lowest BCUT2D eigenvalue weighted by atomic mass is 10.0. The molecule has 5 atom stereocenters. The van der Waals surface area contributed by atoms with Gasteiger partial charge in [0, 0.05) is 0 Å². The lowest BCUT2D eigenvalue weighted by Crippen LogP contribution is -2.59. The van der Waals surface area contributed by atoms with Gasteiger partial charge in [0.2, 0.25) is 23.6 Å². The maximum Gasteiger partial charge on any atom is 0.326 e. The normalized spacial score (nSPS) is 16.0. The van der Waals surface area contributed by atoms with Crippen molar-refractivity contribution in [2.75, 3.05) is 6.61 Å². The van der Waals surface area contributed by atoms with Crippen LogP contribution in [-0.4, -0.2) is 81.8 Å². The van der Waals surface area contributed by atoms with Crippen molar-refractivity contribution in [1.82, 2.24) is 16.0 Å². The number of hydrogen-bond donors (Lipinski definition) is 8. The number of nitrogens with two attached hydrogens (primary N) is 2. The fourth-order valence-corrected chi connectivity index (χ4v) is 2.33. The van der Waals surface area contributed by atoms with Gasteiger partial charge in [-0.05, 0) is 19.3 Å². The Bertz CT molecular complexity index is 640. The highest BCUT2D eigenvalue weighted by atomic mass is 16.4. The van der Waals surface area contributed by atoms with Crippen molar-refractivity contribution in [2.24, 2.45) is 17.4 Å². The molecule has 0 spiro atoms. The highest BCUT2D eigenvalue weighted by Crippen LogP contribution is 2.06. The molecule has 13 heteroatoms. The average molecular weight is 433 g/mol. The van der Waals surface area contributed by atoms with Gasteiger partial charge in [0.15, 0.2) is 0 Å². The zero-order valence-electron chi connectivity index (χ0n) is 17.1. The number of carboxylic acids is 1. The Labute approximate surface area is 173 Å². The molecule has 0 saturated carbocycles. The van der Waals surface area contributed by atoms with Crippen molar-refractivity contribution in [2.45, 2.75) is 63.9 Å². The number of hydrogen-bond acceptors (Lipinski definition) is 8. The molecule has 0 aliphatic carbocycles. The van der Waals surface area contributed by atoms with Gasteiger partial charge in [-0.2, -0.15) is 0 Å². The summed E-state index contributed by atoms with van der Waals surface area (Å²) in [5.74, 6) is -5.26. The van der Waals surface area contributed by atoms with Gasteiger partial charge in [-0.3, -0.25) is 19.2 Å². The Hall–Kier alpha value is -2.77. The van der Waals surface area contributed by atoms with E-state index in [4.69, 9.17) is 11.5 Å². The first-order valence-corrected chi connectivity index (χ1v) is 9.26. The van der Waals surface area contributed by atoms with Crippen molar-refractivity contribution in [3.8, 4) is 0 Å². The van der Waals surface area contributed by atoms with Crippen molar-refractivity contribution in [3.05, 3.63) is 0 Å². The molecule has 0 radical (unpaired) electrons. The van der Waals surface area contributed by atoms with Crippen LogP contribution >= 0.6 is 0 Å². The summed E-state index contributed by atoms with van der Waals surface area (Å²) in [6.45, 7) is 3.87. The zero-order valence-corrected chi connectivity index (χ0v) is 17.1. The second-order valence-corrected chi connectivity index (χ2v) is 7.27. The summed E-state index contributed by atoms with van der Waals surface area (Å²) in [6.07, 6.45) is -1.77. The zero-order chi connectivity index (χ0) is 23.6. The van der Waals surface area contributed by atoms with Gasteiger partial charge in [0.05, 0.1) is 19.1 Å². The molecule has 0 saturated heterocycles. The van der Waals surface area contributed by atoms with Gasteiger partial charge in [-0.25, -0.2) is 4.79 Å². The lowest BCUT2D eigenvalue weighted by Gasteiger charge is -2.24. The summed E-state index contributed by atoms with van der Waals surface area (Å²) in [6, 6.07) is -5.72. The molecule has 0 aliphatic rings. The molecule has 4 amide bonds. The molecule has 13 nitrogen and oxygen atoms in total. The molecule has 10 N–H and O–H groups in total. The molecule has 0 aromatic heterocycles. The van der Waals surface area contributed by atoms with Crippen LogP contribution in [0.5, 0.6) is 0 Å². The van der Waals surface area contributed by atoms with Crippen LogP contribution < -0.4 is 27.4 Å². The van der Waals surface area contributed by atoms with E-state index in [-0.39, 0.29) is 12.3 Å². The van der Waals surface area contributed by atoms with Crippen LogP contribution in [0, 0.1) is 5.92 Å². The van der Waals surface area contributed by atoms with Crippen LogP contribution in [0.1, 0.15) is 33.6 Å². The molecule has 0 aromatic rings. The van der Waals surface area contributed by atoms with E-state index in [1.54, 1.807) is 13.8 Å². The third-order valence-corrected chi connectivity index (χ3v) is 4.00. The highest BCUT2D eigenvalue weighted by Gasteiger charge is 2.31. The summed E-state index contributed by atoms with van der Waals surface area (Å²) in [5, 5.41) is 34.4. The minimum absolute atomic E-state index is 0.0670. The maximum atomic E-state index is 12.4. The first-order valence-electron chi connectivity index (χ1n) is 9.26. The smallest absolute Gasteiger partial charge is 0.326 e. The molecule has 30 heavy (non-hydrogen) atoms. The number of amides is 4. The number of nitrogens with one attached hydrogen (secondary N) is 3. The summed E-state index contributed by atoms with van der Waals surface area (Å²) < 4.78 is 0. The monoisotopic (exact) mass is 433 g/mol. The summed E-state index contributed by atoms with van der Waals surface area (Å²) in [5.41, 5.74) is 10.5. The molecule has 0 heterocycles. The van der Waals surface area contributed by atoms with Crippen LogP contribution in [0.4, 0.5) is 0 Å². The first-order chi connectivity index (χ1) is 13.8. The topological polar surface area (TPSA) is 234 Å². The third kappa shape index (κ3) is 9.62. The molecule has 0 unspecified atom stereocenters. The fraction of sp³-hybridized carbons (Fsp3) is 0.706. The highest BCUT2D eigenvalue weighted by molar-refractivity contribution is 5.96. The van der Waals surface area contributed by atoms with Crippen LogP contribution in [0.25, 0.3) is 0 Å². The summed E-state index contributed by atoms with van der Waals surface area (Å²) >= 11 is 0. The number of aliphatic hydroxyl groups excluding tert-OH is 2. The molecule has 0 aromatic carbocycles. The molecule has 0 fully saturated rings. The quantitative estimate of drug-likeness (QED) is 0.142. The number of carboxylic acid groups (broad SMARTS) is 1. The van der Waals surface area contributed by atoms with Gasteiger partial charge in [-0.1, -0.05) is 13.8 Å². The van der Waals surface area contributed by atoms with E-state index in [1.807, 2.05) is 0 Å². The van der Waals surface area contributed by atoms with Crippen LogP contribution in [0.2, 0.25) is 0 Å². The van der Waals surface area contributed by atoms with Crippen molar-refractivity contribution in [1.29, 1.82) is 0 Å². The Morgan fingerprint density at radius 3 is 1.73 bits per heavy atom. The Morgan fingerprint density at radius 1 is 0.867 bits per heavy atom. The standard InChI is InChI=1S/C17H31N5O8/c1-7(2)4-10(17(29)30)21-14(26)9(5-12(18)25)20-15(27)11(6-23)22-16(28)13(19)8(3)24/h7-11,13,23-24H,4-6,19H2,1-3H3,(H2,18,25)(H,20,27)(H,21,26)(H,22,28)(H,29,30)/t8-,9+,10+,11+,13+/m1/s1. The molecule has 172 valence electrons. The van der Waals surface area contributed by atoms with Gasteiger partial charge in [0.25, 0.3) is 0 Å². The SMILES string of the molecule is CC(C)C[C@H](NC(=O)[C@H](CC(N)=O)NC(=O)[C@H](CO)NC(=O)[C@@H](N)[C@@H](C)O)C(=O)O. The van der Waals surface area contributed by atoms with Gasteiger partial charge in [-0.15, -0.1) is 0 Å². The van der Waals surface area contributed by atoms with Crippen LogP contribution in [0.3, 0.4) is 0 Å². The van der Waals surface area contributed by atoms with Gasteiger partial charge >= 0.3 is 5.97 Å². The number of carbonyl (C=O) groups excluding carboxylic acids is 4. The van der Waals surface area contributed by atoms with Crippen molar-refractivity contribution < 1.29 is 39.3 Å². The molecular formula is C17H31N5O8. The molecule has 0 bridgehead atoms. The minimum Gasteiger partial charge on any atom is -0.480 e. The van der Waals surface area contributed by atoms with Crippen molar-refractivity contribution in [3.63, 3.8) is 0 Å². The predicted octanol–water partition coefficient (Wildman–Crippen LogP) is -3.85. The summed E-state index contributed by atoms with van der Waals surface area (Å²) in [7, 11) is 0. The van der Waals surface area contributed by atoms with E-state index in [0.717, 1.165) is 0 Å². The van der Waals surface area contributed by atoms with Gasteiger partial charge < -0.3 is 42.7 Å². The Balaban J connectivity index is 5.31. The predicted molar refractivity (Wildman–Crippen MR) is 103 cm³/mol. The molecular weight excluding hydrogens is 402 g/mol. The van der Waals surface area contributed by atoms with Crippen LogP contribution in [0.15, 0.2) is 0 Å². The molecule has 0 aliphatic heterocycles. The fourth-order valence-electron chi connectivity index (χ4n) is 2.33. The maximum absolute atomic E-state index is 12.4. The average Bonchev–Trinajstić information content (AvgIpc) is 2.62. The number of aliphatic hydroxyl groups is 2. The van der Waals surface area contributed by atoms with E-state index in [1.165, 1.54) is 6.92 Å². The Kier molecular flexibility index (Phi) is 11.5. The summed E-state index contributed by atoms with van der Waals surface area (Å²) in [4.78, 5) is 59.3. The third-order valence-electron chi connectivity index (χ3n) is 4.00. The molecule has 0 rings (SSSR count). The lowest BCUT2D eigenvalue weighted by molar-refractivity contribution is -0.143. The second kappa shape index (κ2) is 12.7. The van der Waals surface area contributed by atoms with Gasteiger partial charge in [0.1, 0.15) is 24.2 Å². The number of primary amides is 1. The van der Waals surface area contributed by atoms with E-state index in [9.17, 15) is 39.3 Å². The van der Waals surface area contributed by atoms with Crippen molar-refractivity contribution >= 4 is 29.6 Å². The largest absolute Gasteiger partial charge is 0.480 e. The minimum atomic E-state index is -1.54. The number of aliphatic carboxylic acids is 1. The Morgan fingerprint density at radius 2 is 1.33 bits per heavy atom. The number of rotatable bonds is 13. The van der Waals surface area contributed by atoms with E-state index in [2.05, 4.69) is 16.0 Å².